The maximum Gasteiger partial charge on any atom is 0.469 e. The molecule has 10 rings (SSSR count). The van der Waals surface area contributed by atoms with E-state index in [9.17, 15) is 34.0 Å². The number of aromatic nitrogens is 14. The molecule has 0 radical (unpaired) electrons. The van der Waals surface area contributed by atoms with Gasteiger partial charge in [-0.05, 0) is 45.9 Å². The second kappa shape index (κ2) is 25.8. The molecule has 420 valence electrons. The summed E-state index contributed by atoms with van der Waals surface area (Å²) in [5.41, 5.74) is 16.7. The Morgan fingerprint density at radius 3 is 1.54 bits per heavy atom. The minimum Gasteiger partial charge on any atom is -0.394 e. The van der Waals surface area contributed by atoms with E-state index in [2.05, 4.69) is 119 Å². The van der Waals surface area contributed by atoms with Gasteiger partial charge in [0.15, 0.2) is 22.9 Å². The van der Waals surface area contributed by atoms with Gasteiger partial charge < -0.3 is 86.4 Å². The predicted octanol–water partition coefficient (Wildman–Crippen LogP) is 2.05. The van der Waals surface area contributed by atoms with E-state index in [0.717, 1.165) is 0 Å². The summed E-state index contributed by atoms with van der Waals surface area (Å²) in [5, 5.41) is 39.4. The number of amides is 2. The zero-order valence-electron chi connectivity index (χ0n) is 40.7. The fraction of sp³-hybridized carbons (Fsp3) is 0.333. The Hall–Kier alpha value is -7.03. The number of phosphoric ester groups is 1. The molecule has 8 aromatic rings. The van der Waals surface area contributed by atoms with Crippen molar-refractivity contribution in [3.8, 4) is 0 Å². The molecule has 15 N–H and O–H groups in total. The number of nitrogen functional groups attached to an aromatic ring is 2. The molecule has 8 aromatic heterocycles. The van der Waals surface area contributed by atoms with E-state index in [0.29, 0.717) is 93.3 Å². The fourth-order valence-electron chi connectivity index (χ4n) is 8.20. The van der Waals surface area contributed by atoms with Crippen LogP contribution in [0.1, 0.15) is 36.4 Å². The lowest BCUT2D eigenvalue weighted by atomic mass is 10.2. The van der Waals surface area contributed by atoms with Crippen LogP contribution >= 0.6 is 46.7 Å². The van der Waals surface area contributed by atoms with Crippen molar-refractivity contribution >= 4 is 138 Å². The number of hydrogen-bond donors (Lipinski definition) is 13. The first-order valence-electron chi connectivity index (χ1n) is 23.3. The second-order valence-corrected chi connectivity index (χ2v) is 24.8. The zero-order chi connectivity index (χ0) is 56.4. The molecular weight excluding hydrogens is 1140 g/mol. The molecule has 2 aliphatic heterocycles. The largest absolute Gasteiger partial charge is 0.469 e. The molecule has 0 bridgehead atoms. The van der Waals surface area contributed by atoms with Crippen molar-refractivity contribution < 1.29 is 57.8 Å². The van der Waals surface area contributed by atoms with Crippen molar-refractivity contribution in [3.63, 3.8) is 0 Å². The van der Waals surface area contributed by atoms with Gasteiger partial charge >= 0.3 is 13.0 Å². The van der Waals surface area contributed by atoms with E-state index in [1.807, 2.05) is 0 Å². The number of fused-ring (bicyclic) bond motifs is 4. The van der Waals surface area contributed by atoms with Crippen LogP contribution in [-0.2, 0) is 32.7 Å². The smallest absolute Gasteiger partial charge is 0.394 e. The number of aliphatic hydroxyl groups excluding tert-OH is 3. The number of anilines is 4. The van der Waals surface area contributed by atoms with Gasteiger partial charge in [-0.1, -0.05) is 0 Å². The molecule has 79 heavy (non-hydrogen) atoms. The summed E-state index contributed by atoms with van der Waals surface area (Å²) in [6, 6.07) is 0. The van der Waals surface area contributed by atoms with Crippen LogP contribution in [0.15, 0.2) is 62.5 Å². The molecule has 2 saturated heterocycles. The van der Waals surface area contributed by atoms with Gasteiger partial charge in [-0.3, -0.25) is 18.7 Å². The Balaban J connectivity index is 0.000000193. The average Bonchev–Trinajstić information content (AvgIpc) is 4.37. The zero-order valence-corrected chi connectivity index (χ0v) is 44.7. The van der Waals surface area contributed by atoms with Crippen molar-refractivity contribution in [2.75, 3.05) is 61.5 Å². The predicted molar refractivity (Wildman–Crippen MR) is 288 cm³/mol. The Kier molecular flexibility index (Phi) is 19.0. The van der Waals surface area contributed by atoms with Gasteiger partial charge in [-0.2, -0.15) is 0 Å². The molecule has 6 atom stereocenters. The summed E-state index contributed by atoms with van der Waals surface area (Å²) in [6.45, 7) is 0.717. The van der Waals surface area contributed by atoms with Gasteiger partial charge in [0.2, 0.25) is 11.8 Å². The highest BCUT2D eigenvalue weighted by atomic mass is 36.0. The van der Waals surface area contributed by atoms with Crippen molar-refractivity contribution in [3.05, 3.63) is 73.6 Å². The Morgan fingerprint density at radius 2 is 1.11 bits per heavy atom. The molecule has 2 aliphatic rings. The molecule has 0 aliphatic carbocycles. The summed E-state index contributed by atoms with van der Waals surface area (Å²) in [4.78, 5) is 89.9. The summed E-state index contributed by atoms with van der Waals surface area (Å²) in [6.07, 6.45) is 13.4. The van der Waals surface area contributed by atoms with Gasteiger partial charge in [-0.25, -0.2) is 54.4 Å². The van der Waals surface area contributed by atoms with E-state index >= 15 is 0 Å². The van der Waals surface area contributed by atoms with Crippen molar-refractivity contribution in [2.45, 2.75) is 49.7 Å². The maximum atomic E-state index is 12.4. The number of carbonyl (C=O) groups is 2. The molecule has 0 spiro atoms. The Labute approximate surface area is 458 Å². The van der Waals surface area contributed by atoms with E-state index < -0.39 is 56.5 Å². The summed E-state index contributed by atoms with van der Waals surface area (Å²) in [7, 11) is -4.73. The number of aliphatic hydroxyl groups is 3. The first kappa shape index (κ1) is 58.1. The summed E-state index contributed by atoms with van der Waals surface area (Å²) < 4.78 is 39.9. The lowest BCUT2D eigenvalue weighted by Gasteiger charge is -2.16. The number of nitrogens with one attached hydrogen (secondary N) is 6. The molecule has 0 saturated carbocycles. The number of nitrogens with two attached hydrogens (primary N) is 2. The van der Waals surface area contributed by atoms with Crippen LogP contribution in [0.4, 0.5) is 23.3 Å². The number of aromatic amines is 2. The quantitative estimate of drug-likeness (QED) is 0.0332. The van der Waals surface area contributed by atoms with Crippen molar-refractivity contribution in [1.29, 1.82) is 0 Å². The highest BCUT2D eigenvalue weighted by molar-refractivity contribution is 8.24. The molecule has 2 unspecified atom stereocenters. The summed E-state index contributed by atoms with van der Waals surface area (Å²) >= 11 is 13.8. The van der Waals surface area contributed by atoms with Gasteiger partial charge in [0.25, 0.3) is 0 Å². The second-order valence-electron chi connectivity index (χ2n) is 16.9. The van der Waals surface area contributed by atoms with E-state index in [1.54, 1.807) is 33.7 Å². The number of imidazole rings is 2. The van der Waals surface area contributed by atoms with E-state index in [4.69, 9.17) is 30.7 Å². The normalized spacial score (nSPS) is 19.5. The lowest BCUT2D eigenvalue weighted by molar-refractivity contribution is -0.117. The fourth-order valence-corrected chi connectivity index (χ4v) is 8.55. The van der Waals surface area contributed by atoms with Gasteiger partial charge in [0.1, 0.15) is 83.9 Å². The number of phosphoric acid groups is 1. The number of carbonyl (C=O) groups excluding carboxylic acids is 2. The number of ether oxygens (including phenoxy) is 2. The number of rotatable bonds is 18. The molecule has 37 heteroatoms. The molecule has 10 heterocycles. The van der Waals surface area contributed by atoms with Crippen LogP contribution < -0.4 is 32.7 Å². The third-order valence-electron chi connectivity index (χ3n) is 11.7. The number of H-pyrrole nitrogens is 2. The van der Waals surface area contributed by atoms with Gasteiger partial charge in [0.05, 0.1) is 48.8 Å². The van der Waals surface area contributed by atoms with Crippen LogP contribution in [0, 0.1) is 0 Å². The van der Waals surface area contributed by atoms with Crippen LogP contribution in [0.3, 0.4) is 0 Å². The third kappa shape index (κ3) is 15.2. The molecule has 32 nitrogen and oxygen atoms in total. The molecule has 2 amide bonds. The van der Waals surface area contributed by atoms with E-state index in [1.165, 1.54) is 50.1 Å². The van der Waals surface area contributed by atoms with Crippen LogP contribution in [0.5, 0.6) is 0 Å². The van der Waals surface area contributed by atoms with Crippen molar-refractivity contribution in [2.24, 2.45) is 0 Å². The topological polar surface area (TPSA) is 468 Å². The Bertz CT molecular complexity index is 3580. The first-order valence-corrected chi connectivity index (χ1v) is 29.3. The van der Waals surface area contributed by atoms with Crippen LogP contribution in [-0.4, -0.2) is 170 Å². The van der Waals surface area contributed by atoms with E-state index in [-0.39, 0.29) is 42.9 Å². The number of hydrogen-bond acceptors (Lipinski definition) is 24. The highest BCUT2D eigenvalue weighted by Crippen LogP contribution is 2.61. The maximum absolute atomic E-state index is 12.4. The summed E-state index contributed by atoms with van der Waals surface area (Å²) in [5.74, 6) is 0.946. The highest BCUT2D eigenvalue weighted by Gasteiger charge is 2.38. The monoisotopic (exact) mass is 1190 g/mol. The van der Waals surface area contributed by atoms with Gasteiger partial charge in [0, 0.05) is 74.7 Å². The minimum atomic E-state index is -4.73. The van der Waals surface area contributed by atoms with Crippen molar-refractivity contribution in [1.82, 2.24) is 79.6 Å². The Morgan fingerprint density at radius 1 is 0.684 bits per heavy atom. The lowest BCUT2D eigenvalue weighted by Crippen LogP contribution is -2.27. The molecule has 2 fully saturated rings. The van der Waals surface area contributed by atoms with Crippen LogP contribution in [0.25, 0.3) is 56.5 Å². The SMILES string of the molecule is Nc1ncnc2c1c(/C=C/C(=O)NCCNc1ncnc3nc[nH]c13)cn2[C@H]1CC(O)[C@@H](CO)O1.Nc1ncnc2c1c(/C=C/C(=O)NCCNc1ncnc3nc[nH]c13)cn2[C@H]1CC(O)[C@@H](COP(=O)(O)O)O1.O=P(Cl)(Cl)Cl. The average molecular weight is 1190 g/mol. The first-order chi connectivity index (χ1) is 37.7. The molecule has 0 aromatic carbocycles. The van der Waals surface area contributed by atoms with Gasteiger partial charge in [-0.15, -0.1) is 0 Å². The third-order valence-corrected chi connectivity index (χ3v) is 12.1. The standard InChI is InChI=1S/C21H25N10O7P.C21H24N10O4.Cl3OP/c22-18-16-11(1-2-14(33)23-3-4-24-19-17-20(27-8-25-17)29-10-28-19)6-31(21(16)30-9-26-18)15-5-12(32)13(38-15)7-37-39(34,35)36;22-18-16-11(6-31(21(16)30-9-26-18)15-5-12(33)13(7-32)35-15)1-2-14(34)23-3-4-24-19-17-20(27-8-25-17)29-10-28-19;1-5(2,3)4/h1-2,6,8-10,12-13,15,32H,3-5,7H2,(H,23,33)(H2,22,26,30)(H2,34,35,36)(H2,24,25,27,28,29);1-2,6,8-10,12-13,15,32-33H,3-5,7H2,(H,23,34)(H2,22,26,30)(H2,24,25,27,28,29);/b2*2-1+;/t2*12?,13-,15-;/m11./s1. The molecular formula is C42H49Cl3N20O12P2. The minimum absolute atomic E-state index is 0.108. The van der Waals surface area contributed by atoms with Crippen LogP contribution in [0.2, 0.25) is 0 Å². The number of nitrogens with zero attached hydrogens (tertiary/aromatic N) is 12. The number of halogens is 3.